The molecule has 0 saturated heterocycles. The zero-order valence-corrected chi connectivity index (χ0v) is 14.9. The number of anilines is 1. The highest BCUT2D eigenvalue weighted by Gasteiger charge is 2.14. The number of aryl methyl sites for hydroxylation is 1. The Morgan fingerprint density at radius 2 is 1.93 bits per heavy atom. The maximum Gasteiger partial charge on any atom is 0.261 e. The number of rotatable bonds is 4. The van der Waals surface area contributed by atoms with Gasteiger partial charge in [0.1, 0.15) is 19.0 Å². The highest BCUT2D eigenvalue weighted by atomic mass is 16.6. The first-order valence-corrected chi connectivity index (χ1v) is 8.76. The molecule has 7 heteroatoms. The number of amides is 1. The van der Waals surface area contributed by atoms with Crippen LogP contribution in [-0.2, 0) is 18.3 Å². The normalized spacial score (nSPS) is 12.8. The molecule has 0 atom stereocenters. The van der Waals surface area contributed by atoms with Gasteiger partial charge in [0.25, 0.3) is 5.56 Å². The lowest BCUT2D eigenvalue weighted by molar-refractivity contribution is -0.116. The number of fused-ring (bicyclic) bond motifs is 2. The maximum atomic E-state index is 12.4. The summed E-state index contributed by atoms with van der Waals surface area (Å²) in [6.45, 7) is 1.02. The van der Waals surface area contributed by atoms with Crippen LogP contribution in [0.15, 0.2) is 47.3 Å². The molecule has 0 fully saturated rings. The molecular weight excluding hydrogens is 346 g/mol. The highest BCUT2D eigenvalue weighted by Crippen LogP contribution is 2.32. The molecule has 1 aromatic heterocycles. The van der Waals surface area contributed by atoms with E-state index in [1.165, 1.54) is 4.57 Å². The SMILES string of the molecule is Cn1c(CCC(=O)Nc2ccc3c(c2)OCCO3)nc2ccccc2c1=O. The summed E-state index contributed by atoms with van der Waals surface area (Å²) in [6, 6.07) is 12.5. The van der Waals surface area contributed by atoms with Crippen molar-refractivity contribution < 1.29 is 14.3 Å². The fourth-order valence-electron chi connectivity index (χ4n) is 3.06. The molecule has 2 aromatic carbocycles. The van der Waals surface area contributed by atoms with E-state index >= 15 is 0 Å². The van der Waals surface area contributed by atoms with E-state index in [0.29, 0.717) is 53.5 Å². The van der Waals surface area contributed by atoms with E-state index < -0.39 is 0 Å². The summed E-state index contributed by atoms with van der Waals surface area (Å²) in [4.78, 5) is 29.3. The van der Waals surface area contributed by atoms with E-state index in [1.54, 1.807) is 37.4 Å². The Bertz CT molecular complexity index is 1070. The van der Waals surface area contributed by atoms with Crippen molar-refractivity contribution in [3.05, 3.63) is 58.6 Å². The van der Waals surface area contributed by atoms with Crippen LogP contribution in [0, 0.1) is 0 Å². The van der Waals surface area contributed by atoms with Crippen molar-refractivity contribution in [2.45, 2.75) is 12.8 Å². The van der Waals surface area contributed by atoms with E-state index in [-0.39, 0.29) is 17.9 Å². The number of aromatic nitrogens is 2. The number of carbonyl (C=O) groups is 1. The smallest absolute Gasteiger partial charge is 0.261 e. The predicted molar refractivity (Wildman–Crippen MR) is 101 cm³/mol. The van der Waals surface area contributed by atoms with E-state index in [2.05, 4.69) is 10.3 Å². The number of nitrogens with zero attached hydrogens (tertiary/aromatic N) is 2. The largest absolute Gasteiger partial charge is 0.486 e. The van der Waals surface area contributed by atoms with Gasteiger partial charge in [0, 0.05) is 31.6 Å². The van der Waals surface area contributed by atoms with Crippen LogP contribution in [0.25, 0.3) is 10.9 Å². The fourth-order valence-corrected chi connectivity index (χ4v) is 3.06. The van der Waals surface area contributed by atoms with Crippen molar-refractivity contribution in [1.29, 1.82) is 0 Å². The molecule has 1 amide bonds. The van der Waals surface area contributed by atoms with Gasteiger partial charge >= 0.3 is 0 Å². The molecule has 0 unspecified atom stereocenters. The standard InChI is InChI=1S/C20H19N3O4/c1-23-18(22-15-5-3-2-4-14(15)20(23)25)8-9-19(24)21-13-6-7-16-17(12-13)27-11-10-26-16/h2-7,12H,8-11H2,1H3,(H,21,24). The number of benzene rings is 2. The van der Waals surface area contributed by atoms with Crippen molar-refractivity contribution in [1.82, 2.24) is 9.55 Å². The van der Waals surface area contributed by atoms with Gasteiger partial charge in [-0.15, -0.1) is 0 Å². The number of carbonyl (C=O) groups excluding carboxylic acids is 1. The summed E-state index contributed by atoms with van der Waals surface area (Å²) >= 11 is 0. The Labute approximate surface area is 155 Å². The van der Waals surface area contributed by atoms with E-state index in [1.807, 2.05) is 12.1 Å². The number of nitrogens with one attached hydrogen (secondary N) is 1. The second-order valence-corrected chi connectivity index (χ2v) is 6.32. The summed E-state index contributed by atoms with van der Waals surface area (Å²) in [5.41, 5.74) is 1.18. The summed E-state index contributed by atoms with van der Waals surface area (Å²) in [5, 5.41) is 3.42. The summed E-state index contributed by atoms with van der Waals surface area (Å²) < 4.78 is 12.5. The monoisotopic (exact) mass is 365 g/mol. The molecule has 3 aromatic rings. The summed E-state index contributed by atoms with van der Waals surface area (Å²) in [6.07, 6.45) is 0.583. The molecule has 2 heterocycles. The first-order valence-electron chi connectivity index (χ1n) is 8.76. The van der Waals surface area contributed by atoms with Gasteiger partial charge in [0.2, 0.25) is 5.91 Å². The molecule has 7 nitrogen and oxygen atoms in total. The minimum Gasteiger partial charge on any atom is -0.486 e. The third-order valence-electron chi connectivity index (χ3n) is 4.48. The van der Waals surface area contributed by atoms with Gasteiger partial charge in [-0.25, -0.2) is 4.98 Å². The second-order valence-electron chi connectivity index (χ2n) is 6.32. The van der Waals surface area contributed by atoms with Crippen molar-refractivity contribution in [2.75, 3.05) is 18.5 Å². The molecule has 0 aliphatic carbocycles. The quantitative estimate of drug-likeness (QED) is 0.767. The molecule has 0 spiro atoms. The predicted octanol–water partition coefficient (Wildman–Crippen LogP) is 2.28. The lowest BCUT2D eigenvalue weighted by Gasteiger charge is -2.19. The molecule has 4 rings (SSSR count). The number of ether oxygens (including phenoxy) is 2. The number of para-hydroxylation sites is 1. The van der Waals surface area contributed by atoms with E-state index in [9.17, 15) is 9.59 Å². The average molecular weight is 365 g/mol. The molecule has 1 aliphatic rings. The molecule has 1 aliphatic heterocycles. The molecule has 1 N–H and O–H groups in total. The van der Waals surface area contributed by atoms with Gasteiger partial charge in [-0.2, -0.15) is 0 Å². The van der Waals surface area contributed by atoms with Gasteiger partial charge in [-0.3, -0.25) is 14.2 Å². The second kappa shape index (κ2) is 7.11. The lowest BCUT2D eigenvalue weighted by Crippen LogP contribution is -2.23. The Hall–Kier alpha value is -3.35. The zero-order chi connectivity index (χ0) is 18.8. The lowest BCUT2D eigenvalue weighted by atomic mass is 10.2. The van der Waals surface area contributed by atoms with Crippen LogP contribution in [0.3, 0.4) is 0 Å². The van der Waals surface area contributed by atoms with Crippen LogP contribution < -0.4 is 20.3 Å². The topological polar surface area (TPSA) is 82.5 Å². The van der Waals surface area contributed by atoms with Gasteiger partial charge in [-0.05, 0) is 24.3 Å². The molecule has 0 bridgehead atoms. The van der Waals surface area contributed by atoms with Gasteiger partial charge in [-0.1, -0.05) is 12.1 Å². The van der Waals surface area contributed by atoms with Crippen molar-refractivity contribution in [3.8, 4) is 11.5 Å². The molecular formula is C20H19N3O4. The fraction of sp³-hybridized carbons (Fsp3) is 0.250. The minimum absolute atomic E-state index is 0.108. The molecule has 138 valence electrons. The van der Waals surface area contributed by atoms with Gasteiger partial charge < -0.3 is 14.8 Å². The first kappa shape index (κ1) is 17.1. The number of hydrogen-bond donors (Lipinski definition) is 1. The van der Waals surface area contributed by atoms with Crippen LogP contribution in [0.5, 0.6) is 11.5 Å². The molecule has 0 saturated carbocycles. The Balaban J connectivity index is 1.46. The third kappa shape index (κ3) is 3.48. The first-order chi connectivity index (χ1) is 13.1. The Morgan fingerprint density at radius 1 is 1.15 bits per heavy atom. The van der Waals surface area contributed by atoms with Crippen molar-refractivity contribution in [2.24, 2.45) is 7.05 Å². The maximum absolute atomic E-state index is 12.4. The van der Waals surface area contributed by atoms with Gasteiger partial charge in [0.05, 0.1) is 10.9 Å². The van der Waals surface area contributed by atoms with Gasteiger partial charge in [0.15, 0.2) is 11.5 Å². The van der Waals surface area contributed by atoms with Crippen LogP contribution in [0.2, 0.25) is 0 Å². The van der Waals surface area contributed by atoms with Crippen LogP contribution >= 0.6 is 0 Å². The summed E-state index contributed by atoms with van der Waals surface area (Å²) in [5.74, 6) is 1.72. The Kier molecular flexibility index (Phi) is 4.50. The Morgan fingerprint density at radius 3 is 2.78 bits per heavy atom. The molecule has 0 radical (unpaired) electrons. The zero-order valence-electron chi connectivity index (χ0n) is 14.9. The minimum atomic E-state index is -0.158. The average Bonchev–Trinajstić information content (AvgIpc) is 2.69. The van der Waals surface area contributed by atoms with Crippen LogP contribution in [-0.4, -0.2) is 28.7 Å². The van der Waals surface area contributed by atoms with E-state index in [0.717, 1.165) is 0 Å². The van der Waals surface area contributed by atoms with E-state index in [4.69, 9.17) is 9.47 Å². The van der Waals surface area contributed by atoms with Crippen molar-refractivity contribution >= 4 is 22.5 Å². The third-order valence-corrected chi connectivity index (χ3v) is 4.48. The van der Waals surface area contributed by atoms with Crippen LogP contribution in [0.4, 0.5) is 5.69 Å². The molecule has 27 heavy (non-hydrogen) atoms. The van der Waals surface area contributed by atoms with Crippen LogP contribution in [0.1, 0.15) is 12.2 Å². The summed E-state index contributed by atoms with van der Waals surface area (Å²) in [7, 11) is 1.68. The number of hydrogen-bond acceptors (Lipinski definition) is 5. The highest BCUT2D eigenvalue weighted by molar-refractivity contribution is 5.91. The van der Waals surface area contributed by atoms with Crippen molar-refractivity contribution in [3.63, 3.8) is 0 Å².